The highest BCUT2D eigenvalue weighted by Crippen LogP contribution is 2.19. The molecule has 0 heterocycles. The van der Waals surface area contributed by atoms with Crippen LogP contribution < -0.4 is 5.43 Å². The average Bonchev–Trinajstić information content (AvgIpc) is 2.75. The predicted molar refractivity (Wildman–Crippen MR) is 114 cm³/mol. The van der Waals surface area contributed by atoms with Crippen LogP contribution in [0.3, 0.4) is 0 Å². The lowest BCUT2D eigenvalue weighted by atomic mass is 10.1. The van der Waals surface area contributed by atoms with Gasteiger partial charge in [0.2, 0.25) is 20.7 Å². The third-order valence-corrected chi connectivity index (χ3v) is 5.90. The number of Topliss-reactive ketones (excluding diaryl/α,β-unsaturated/α-hetero) is 1. The molecule has 0 aliphatic carbocycles. The Balaban J connectivity index is 2.02. The normalized spacial score (nSPS) is 11.7. The minimum absolute atomic E-state index is 0.0863. The van der Waals surface area contributed by atoms with E-state index >= 15 is 0 Å². The summed E-state index contributed by atoms with van der Waals surface area (Å²) in [6.45, 7) is 0. The number of rotatable bonds is 6. The van der Waals surface area contributed by atoms with Gasteiger partial charge in [0.05, 0.1) is 15.5 Å². The van der Waals surface area contributed by atoms with E-state index in [2.05, 4.69) is 10.5 Å². The van der Waals surface area contributed by atoms with Gasteiger partial charge in [0.15, 0.2) is 0 Å². The fourth-order valence-electron chi connectivity index (χ4n) is 2.44. The molecule has 8 nitrogen and oxygen atoms in total. The highest BCUT2D eigenvalue weighted by atomic mass is 35.5. The zero-order chi connectivity index (χ0) is 21.7. The summed E-state index contributed by atoms with van der Waals surface area (Å²) in [5, 5.41) is 14.3. The molecule has 0 bridgehead atoms. The molecular weight excluding hydrogens is 430 g/mol. The first kappa shape index (κ1) is 21.2. The second-order valence-corrected chi connectivity index (χ2v) is 8.29. The number of nitro groups is 1. The second-order valence-electron chi connectivity index (χ2n) is 5.99. The molecule has 0 unspecified atom stereocenters. The van der Waals surface area contributed by atoms with E-state index in [-0.39, 0.29) is 21.8 Å². The predicted octanol–water partition coefficient (Wildman–Crippen LogP) is 4.33. The molecule has 0 spiro atoms. The molecule has 0 atom stereocenters. The highest BCUT2D eigenvalue weighted by molar-refractivity contribution is 8.08. The van der Waals surface area contributed by atoms with Crippen LogP contribution in [0.4, 0.5) is 11.4 Å². The van der Waals surface area contributed by atoms with Crippen LogP contribution >= 0.6 is 11.6 Å². The van der Waals surface area contributed by atoms with Crippen LogP contribution in [-0.2, 0) is 9.84 Å². The second kappa shape index (κ2) is 8.85. The summed E-state index contributed by atoms with van der Waals surface area (Å²) in [5.41, 5.74) is 2.70. The Morgan fingerprint density at radius 1 is 0.933 bits per heavy atom. The number of carbonyl (C=O) groups is 1. The number of ketones is 1. The Bertz CT molecular complexity index is 1210. The van der Waals surface area contributed by atoms with E-state index in [4.69, 9.17) is 11.6 Å². The molecule has 30 heavy (non-hydrogen) atoms. The largest absolute Gasteiger partial charge is 0.286 e. The molecule has 10 heteroatoms. The van der Waals surface area contributed by atoms with Crippen molar-refractivity contribution in [3.8, 4) is 0 Å². The third-order valence-electron chi connectivity index (χ3n) is 3.97. The fourth-order valence-corrected chi connectivity index (χ4v) is 3.83. The number of nitrogens with zero attached hydrogens (tertiary/aromatic N) is 2. The smallest absolute Gasteiger partial charge is 0.269 e. The minimum atomic E-state index is -4.25. The number of hydrogen-bond donors (Lipinski definition) is 1. The van der Waals surface area contributed by atoms with E-state index < -0.39 is 25.6 Å². The lowest BCUT2D eigenvalue weighted by Crippen LogP contribution is -2.26. The Hall–Kier alpha value is -3.56. The fraction of sp³-hybridized carbons (Fsp3) is 0. The maximum absolute atomic E-state index is 13.1. The molecule has 1 N–H and O–H groups in total. The summed E-state index contributed by atoms with van der Waals surface area (Å²) >= 11 is 5.84. The van der Waals surface area contributed by atoms with Gasteiger partial charge in [-0.2, -0.15) is 5.10 Å². The van der Waals surface area contributed by atoms with Crippen molar-refractivity contribution in [2.24, 2.45) is 5.10 Å². The van der Waals surface area contributed by atoms with E-state index in [0.717, 1.165) is 0 Å². The van der Waals surface area contributed by atoms with Gasteiger partial charge in [0.1, 0.15) is 0 Å². The lowest BCUT2D eigenvalue weighted by Gasteiger charge is -2.09. The SMILES string of the molecule is O=C(/C(=N\Nc1ccc([N+](=O)[O-])cc1)S(=O)(=O)c1ccccc1)c1ccc(Cl)cc1. The highest BCUT2D eigenvalue weighted by Gasteiger charge is 2.30. The van der Waals surface area contributed by atoms with Gasteiger partial charge < -0.3 is 0 Å². The van der Waals surface area contributed by atoms with Gasteiger partial charge in [-0.1, -0.05) is 29.8 Å². The number of sulfone groups is 1. The van der Waals surface area contributed by atoms with Crippen molar-refractivity contribution in [2.45, 2.75) is 4.90 Å². The monoisotopic (exact) mass is 443 g/mol. The summed E-state index contributed by atoms with van der Waals surface area (Å²) in [6.07, 6.45) is 0. The van der Waals surface area contributed by atoms with Gasteiger partial charge in [-0.25, -0.2) is 8.42 Å². The molecule has 3 aromatic carbocycles. The van der Waals surface area contributed by atoms with Crippen molar-refractivity contribution in [1.82, 2.24) is 0 Å². The molecule has 3 rings (SSSR count). The van der Waals surface area contributed by atoms with Crippen molar-refractivity contribution in [3.05, 3.63) is 99.6 Å². The number of non-ortho nitro benzene ring substituents is 1. The first-order chi connectivity index (χ1) is 14.3. The van der Waals surface area contributed by atoms with Crippen molar-refractivity contribution >= 4 is 43.6 Å². The molecule has 152 valence electrons. The summed E-state index contributed by atoms with van der Waals surface area (Å²) in [7, 11) is -4.25. The summed E-state index contributed by atoms with van der Waals surface area (Å²) in [5.74, 6) is -0.829. The maximum Gasteiger partial charge on any atom is 0.269 e. The number of hydrazone groups is 1. The Labute approximate surface area is 176 Å². The van der Waals surface area contributed by atoms with Crippen LogP contribution in [0.15, 0.2) is 88.9 Å². The number of carbonyl (C=O) groups excluding carboxylic acids is 1. The van der Waals surface area contributed by atoms with Crippen LogP contribution in [0, 0.1) is 10.1 Å². The van der Waals surface area contributed by atoms with Gasteiger partial charge in [-0.3, -0.25) is 20.3 Å². The van der Waals surface area contributed by atoms with Crippen LogP contribution in [0.1, 0.15) is 10.4 Å². The van der Waals surface area contributed by atoms with Crippen LogP contribution in [0.2, 0.25) is 5.02 Å². The van der Waals surface area contributed by atoms with Crippen molar-refractivity contribution in [3.63, 3.8) is 0 Å². The molecule has 0 aliphatic rings. The minimum Gasteiger partial charge on any atom is -0.286 e. The van der Waals surface area contributed by atoms with Crippen LogP contribution in [0.25, 0.3) is 0 Å². The van der Waals surface area contributed by atoms with Crippen LogP contribution in [-0.4, -0.2) is 24.2 Å². The number of hydrogen-bond acceptors (Lipinski definition) is 7. The van der Waals surface area contributed by atoms with Crippen molar-refractivity contribution < 1.29 is 18.1 Å². The van der Waals surface area contributed by atoms with Crippen molar-refractivity contribution in [1.29, 1.82) is 0 Å². The zero-order valence-electron chi connectivity index (χ0n) is 15.2. The van der Waals surface area contributed by atoms with Gasteiger partial charge in [0.25, 0.3) is 5.69 Å². The van der Waals surface area contributed by atoms with E-state index in [1.54, 1.807) is 6.07 Å². The molecule has 0 aliphatic heterocycles. The first-order valence-corrected chi connectivity index (χ1v) is 10.3. The number of nitro benzene ring substituents is 1. The summed E-state index contributed by atoms with van der Waals surface area (Å²) in [6, 6.07) is 18.3. The molecule has 0 radical (unpaired) electrons. The van der Waals surface area contributed by atoms with Gasteiger partial charge >= 0.3 is 0 Å². The molecule has 0 aromatic heterocycles. The standard InChI is InChI=1S/C20H14ClN3O5S/c21-15-8-6-14(7-9-15)19(25)20(30(28,29)18-4-2-1-3-5-18)23-22-16-10-12-17(13-11-16)24(26)27/h1-13,22H/b23-20+. The Morgan fingerprint density at radius 3 is 2.10 bits per heavy atom. The third kappa shape index (κ3) is 4.70. The molecule has 0 fully saturated rings. The molecule has 3 aromatic rings. The van der Waals surface area contributed by atoms with E-state index in [9.17, 15) is 23.3 Å². The quantitative estimate of drug-likeness (QED) is 0.199. The van der Waals surface area contributed by atoms with E-state index in [0.29, 0.717) is 5.02 Å². The van der Waals surface area contributed by atoms with Gasteiger partial charge in [-0.15, -0.1) is 0 Å². The molecule has 0 saturated carbocycles. The zero-order valence-corrected chi connectivity index (χ0v) is 16.8. The van der Waals surface area contributed by atoms with E-state index in [1.165, 1.54) is 72.8 Å². The number of halogens is 1. The number of benzene rings is 3. The van der Waals surface area contributed by atoms with E-state index in [1.807, 2.05) is 0 Å². The summed E-state index contributed by atoms with van der Waals surface area (Å²) in [4.78, 5) is 23.1. The first-order valence-electron chi connectivity index (χ1n) is 8.47. The lowest BCUT2D eigenvalue weighted by molar-refractivity contribution is -0.384. The topological polar surface area (TPSA) is 119 Å². The molecule has 0 saturated heterocycles. The summed E-state index contributed by atoms with van der Waals surface area (Å²) < 4.78 is 26.1. The number of nitrogens with one attached hydrogen (secondary N) is 1. The maximum atomic E-state index is 13.1. The van der Waals surface area contributed by atoms with Crippen molar-refractivity contribution in [2.75, 3.05) is 5.43 Å². The average molecular weight is 444 g/mol. The number of anilines is 1. The Morgan fingerprint density at radius 2 is 1.53 bits per heavy atom. The van der Waals surface area contributed by atoms with Crippen LogP contribution in [0.5, 0.6) is 0 Å². The van der Waals surface area contributed by atoms with Gasteiger partial charge in [0, 0.05) is 22.7 Å². The Kier molecular flexibility index (Phi) is 6.24. The molecular formula is C20H14ClN3O5S. The van der Waals surface area contributed by atoms with Gasteiger partial charge in [-0.05, 0) is 48.5 Å². The molecule has 0 amide bonds.